The number of hydrogen-bond donors (Lipinski definition) is 2. The van der Waals surface area contributed by atoms with Crippen LogP contribution >= 0.6 is 0 Å². The number of aliphatic hydroxyl groups excluding tert-OH is 1. The standard InChI is InChI=1S/C20H30N2O3/c1-3-20(14-23)12-16-8-9-18(20)22(16)13-19(24)21-11-10-15-6-4-5-7-17(15)25-2/h4-7,16,18,23H,3,8-14H2,1-2H3,(H,21,24)/t16-,18+,20-/m1/s1. The molecule has 1 amide bonds. The Balaban J connectivity index is 1.50. The van der Waals surface area contributed by atoms with Gasteiger partial charge in [-0.15, -0.1) is 0 Å². The third-order valence-electron chi connectivity index (χ3n) is 6.25. The minimum absolute atomic E-state index is 0.000597. The fraction of sp³-hybridized carbons (Fsp3) is 0.650. The zero-order chi connectivity index (χ0) is 17.9. The van der Waals surface area contributed by atoms with Gasteiger partial charge in [0.2, 0.25) is 5.91 Å². The van der Waals surface area contributed by atoms with E-state index in [2.05, 4.69) is 17.1 Å². The van der Waals surface area contributed by atoms with E-state index in [1.807, 2.05) is 24.3 Å². The number of ether oxygens (including phenoxy) is 1. The summed E-state index contributed by atoms with van der Waals surface area (Å²) in [6.45, 7) is 3.45. The highest BCUT2D eigenvalue weighted by Crippen LogP contribution is 2.51. The Hall–Kier alpha value is -1.59. The molecule has 2 aliphatic heterocycles. The van der Waals surface area contributed by atoms with Gasteiger partial charge in [0.1, 0.15) is 5.75 Å². The fourth-order valence-electron chi connectivity index (χ4n) is 4.79. The summed E-state index contributed by atoms with van der Waals surface area (Å²) in [5, 5.41) is 12.9. The summed E-state index contributed by atoms with van der Waals surface area (Å²) in [4.78, 5) is 14.7. The van der Waals surface area contributed by atoms with Crippen LogP contribution in [0, 0.1) is 5.41 Å². The van der Waals surface area contributed by atoms with Gasteiger partial charge in [0.05, 0.1) is 20.3 Å². The third-order valence-corrected chi connectivity index (χ3v) is 6.25. The van der Waals surface area contributed by atoms with Crippen LogP contribution in [0.2, 0.25) is 0 Å². The molecule has 2 fully saturated rings. The lowest BCUT2D eigenvalue weighted by Crippen LogP contribution is -2.44. The molecule has 2 heterocycles. The molecule has 0 unspecified atom stereocenters. The Kier molecular flexibility index (Phi) is 5.64. The molecule has 3 rings (SSSR count). The highest BCUT2D eigenvalue weighted by molar-refractivity contribution is 5.78. The van der Waals surface area contributed by atoms with Crippen molar-refractivity contribution in [2.45, 2.75) is 51.1 Å². The van der Waals surface area contributed by atoms with Crippen molar-refractivity contribution in [3.63, 3.8) is 0 Å². The first-order valence-electron chi connectivity index (χ1n) is 9.38. The second-order valence-corrected chi connectivity index (χ2v) is 7.41. The van der Waals surface area contributed by atoms with Gasteiger partial charge >= 0.3 is 0 Å². The second-order valence-electron chi connectivity index (χ2n) is 7.41. The predicted molar refractivity (Wildman–Crippen MR) is 97.7 cm³/mol. The van der Waals surface area contributed by atoms with E-state index in [1.165, 1.54) is 0 Å². The summed E-state index contributed by atoms with van der Waals surface area (Å²) < 4.78 is 5.35. The van der Waals surface area contributed by atoms with Gasteiger partial charge in [-0.25, -0.2) is 0 Å². The summed E-state index contributed by atoms with van der Waals surface area (Å²) in [5.41, 5.74) is 1.11. The smallest absolute Gasteiger partial charge is 0.234 e. The van der Waals surface area contributed by atoms with Crippen molar-refractivity contribution in [3.05, 3.63) is 29.8 Å². The molecule has 2 bridgehead atoms. The number of para-hydroxylation sites is 1. The van der Waals surface area contributed by atoms with Crippen LogP contribution in [0.1, 0.15) is 38.2 Å². The van der Waals surface area contributed by atoms with Gasteiger partial charge in [-0.2, -0.15) is 0 Å². The Bertz CT molecular complexity index is 600. The van der Waals surface area contributed by atoms with Crippen molar-refractivity contribution in [3.8, 4) is 5.75 Å². The van der Waals surface area contributed by atoms with Crippen LogP contribution in [-0.2, 0) is 11.2 Å². The average Bonchev–Trinajstić information content (AvgIpc) is 3.16. The number of aliphatic hydroxyl groups is 1. The lowest BCUT2D eigenvalue weighted by atomic mass is 9.72. The van der Waals surface area contributed by atoms with Crippen molar-refractivity contribution in [1.82, 2.24) is 10.2 Å². The molecule has 25 heavy (non-hydrogen) atoms. The van der Waals surface area contributed by atoms with E-state index in [0.29, 0.717) is 25.2 Å². The van der Waals surface area contributed by atoms with Gasteiger partial charge in [-0.05, 0) is 43.7 Å². The van der Waals surface area contributed by atoms with Crippen LogP contribution in [0.3, 0.4) is 0 Å². The molecule has 0 radical (unpaired) electrons. The maximum Gasteiger partial charge on any atom is 0.234 e. The zero-order valence-electron chi connectivity index (χ0n) is 15.3. The van der Waals surface area contributed by atoms with E-state index in [1.54, 1.807) is 7.11 Å². The molecule has 0 aliphatic carbocycles. The number of benzene rings is 1. The SMILES string of the molecule is CC[C@]1(CO)C[C@H]2CC[C@@H]1N2CC(=O)NCCc1ccccc1OC. The Morgan fingerprint density at radius 3 is 2.88 bits per heavy atom. The van der Waals surface area contributed by atoms with E-state index in [4.69, 9.17) is 4.74 Å². The summed E-state index contributed by atoms with van der Waals surface area (Å²) in [7, 11) is 1.67. The quantitative estimate of drug-likeness (QED) is 0.756. The number of nitrogens with one attached hydrogen (secondary N) is 1. The fourth-order valence-corrected chi connectivity index (χ4v) is 4.79. The normalized spacial score (nSPS) is 28.3. The first-order chi connectivity index (χ1) is 12.1. The minimum atomic E-state index is 0.000597. The number of carbonyl (C=O) groups is 1. The molecule has 2 N–H and O–H groups in total. The average molecular weight is 346 g/mol. The van der Waals surface area contributed by atoms with Gasteiger partial charge in [0.15, 0.2) is 0 Å². The van der Waals surface area contributed by atoms with Crippen LogP contribution in [-0.4, -0.2) is 54.8 Å². The lowest BCUT2D eigenvalue weighted by molar-refractivity contribution is -0.122. The van der Waals surface area contributed by atoms with Gasteiger partial charge in [0.25, 0.3) is 0 Å². The minimum Gasteiger partial charge on any atom is -0.496 e. The summed E-state index contributed by atoms with van der Waals surface area (Å²) in [6.07, 6.45) is 5.03. The molecule has 2 aliphatic rings. The molecule has 2 saturated heterocycles. The maximum absolute atomic E-state index is 12.4. The van der Waals surface area contributed by atoms with Crippen molar-refractivity contribution < 1.29 is 14.6 Å². The van der Waals surface area contributed by atoms with Crippen molar-refractivity contribution in [2.24, 2.45) is 5.41 Å². The molecule has 0 aromatic heterocycles. The predicted octanol–water partition coefficient (Wildman–Crippen LogP) is 1.98. The molecule has 0 saturated carbocycles. The van der Waals surface area contributed by atoms with E-state index < -0.39 is 0 Å². The Morgan fingerprint density at radius 1 is 1.40 bits per heavy atom. The molecule has 1 aromatic carbocycles. The maximum atomic E-state index is 12.4. The van der Waals surface area contributed by atoms with Gasteiger partial charge in [-0.1, -0.05) is 25.1 Å². The van der Waals surface area contributed by atoms with Crippen LogP contribution in [0.4, 0.5) is 0 Å². The number of methoxy groups -OCH3 is 1. The van der Waals surface area contributed by atoms with Crippen molar-refractivity contribution in [2.75, 3.05) is 26.8 Å². The van der Waals surface area contributed by atoms with E-state index in [-0.39, 0.29) is 17.9 Å². The number of hydrogen-bond acceptors (Lipinski definition) is 4. The zero-order valence-corrected chi connectivity index (χ0v) is 15.3. The first kappa shape index (κ1) is 18.2. The van der Waals surface area contributed by atoms with E-state index >= 15 is 0 Å². The van der Waals surface area contributed by atoms with Gasteiger partial charge in [-0.3, -0.25) is 9.69 Å². The monoisotopic (exact) mass is 346 g/mol. The number of fused-ring (bicyclic) bond motifs is 2. The number of rotatable bonds is 8. The van der Waals surface area contributed by atoms with E-state index in [0.717, 1.165) is 43.4 Å². The van der Waals surface area contributed by atoms with Crippen LogP contribution in [0.15, 0.2) is 24.3 Å². The third kappa shape index (κ3) is 3.53. The summed E-state index contributed by atoms with van der Waals surface area (Å²) in [6, 6.07) is 8.72. The molecular formula is C20H30N2O3. The number of carbonyl (C=O) groups excluding carboxylic acids is 1. The molecule has 138 valence electrons. The summed E-state index contributed by atoms with van der Waals surface area (Å²) in [5.74, 6) is 0.946. The Labute approximate surface area is 150 Å². The lowest BCUT2D eigenvalue weighted by Gasteiger charge is -2.35. The van der Waals surface area contributed by atoms with Gasteiger partial charge < -0.3 is 15.2 Å². The molecule has 5 heteroatoms. The summed E-state index contributed by atoms with van der Waals surface area (Å²) >= 11 is 0. The van der Waals surface area contributed by atoms with E-state index in [9.17, 15) is 9.90 Å². The van der Waals surface area contributed by atoms with Crippen LogP contribution < -0.4 is 10.1 Å². The second kappa shape index (κ2) is 7.75. The largest absolute Gasteiger partial charge is 0.496 e. The topological polar surface area (TPSA) is 61.8 Å². The molecule has 1 aromatic rings. The molecule has 5 nitrogen and oxygen atoms in total. The van der Waals surface area contributed by atoms with Crippen molar-refractivity contribution in [1.29, 1.82) is 0 Å². The van der Waals surface area contributed by atoms with Crippen molar-refractivity contribution >= 4 is 5.91 Å². The number of amides is 1. The molecule has 3 atom stereocenters. The Morgan fingerprint density at radius 2 is 2.20 bits per heavy atom. The highest BCUT2D eigenvalue weighted by Gasteiger charge is 2.54. The van der Waals surface area contributed by atoms with Crippen LogP contribution in [0.25, 0.3) is 0 Å². The highest BCUT2D eigenvalue weighted by atomic mass is 16.5. The molecule has 0 spiro atoms. The number of nitrogens with zero attached hydrogens (tertiary/aromatic N) is 1. The molecular weight excluding hydrogens is 316 g/mol. The van der Waals surface area contributed by atoms with Crippen LogP contribution in [0.5, 0.6) is 5.75 Å². The first-order valence-corrected chi connectivity index (χ1v) is 9.38. The van der Waals surface area contributed by atoms with Gasteiger partial charge in [0, 0.05) is 24.0 Å².